The van der Waals surface area contributed by atoms with Crippen LogP contribution in [0.5, 0.6) is 0 Å². The van der Waals surface area contributed by atoms with Gasteiger partial charge >= 0.3 is 0 Å². The summed E-state index contributed by atoms with van der Waals surface area (Å²) in [4.78, 5) is 11.1. The summed E-state index contributed by atoms with van der Waals surface area (Å²) in [5, 5.41) is 3.88. The number of carbonyl (C=O) groups is 1. The second-order valence-electron chi connectivity index (χ2n) is 4.29. The summed E-state index contributed by atoms with van der Waals surface area (Å²) in [6.07, 6.45) is 0. The third-order valence-corrected chi connectivity index (χ3v) is 3.66. The second kappa shape index (κ2) is 4.82. The summed E-state index contributed by atoms with van der Waals surface area (Å²) in [5.74, 6) is -0.0659. The molecular formula is C15H12N2OS. The van der Waals surface area contributed by atoms with Crippen LogP contribution in [0.15, 0.2) is 48.5 Å². The molecular weight excluding hydrogens is 256 g/mol. The van der Waals surface area contributed by atoms with Gasteiger partial charge in [-0.25, -0.2) is 0 Å². The van der Waals surface area contributed by atoms with Gasteiger partial charge in [-0.2, -0.15) is 4.37 Å². The van der Waals surface area contributed by atoms with Gasteiger partial charge in [0.05, 0.1) is 10.4 Å². The summed E-state index contributed by atoms with van der Waals surface area (Å²) in [5.41, 5.74) is 2.86. The molecule has 1 N–H and O–H groups in total. The highest BCUT2D eigenvalue weighted by atomic mass is 32.1. The maximum atomic E-state index is 11.1. The average molecular weight is 268 g/mol. The molecule has 2 aromatic carbocycles. The summed E-state index contributed by atoms with van der Waals surface area (Å²) in [6, 6.07) is 15.9. The first-order valence-electron chi connectivity index (χ1n) is 5.96. The Morgan fingerprint density at radius 2 is 1.95 bits per heavy atom. The first-order valence-corrected chi connectivity index (χ1v) is 6.74. The van der Waals surface area contributed by atoms with Crippen molar-refractivity contribution < 1.29 is 4.79 Å². The van der Waals surface area contributed by atoms with Gasteiger partial charge in [-0.1, -0.05) is 30.3 Å². The lowest BCUT2D eigenvalue weighted by Crippen LogP contribution is -2.05. The van der Waals surface area contributed by atoms with Gasteiger partial charge in [0.1, 0.15) is 0 Å². The molecule has 0 spiro atoms. The number of amides is 1. The fraction of sp³-hybridized carbons (Fsp3) is 0.0667. The molecule has 0 bridgehead atoms. The van der Waals surface area contributed by atoms with E-state index in [9.17, 15) is 4.79 Å². The van der Waals surface area contributed by atoms with Crippen molar-refractivity contribution in [3.63, 3.8) is 0 Å². The van der Waals surface area contributed by atoms with Gasteiger partial charge in [-0.05, 0) is 29.7 Å². The van der Waals surface area contributed by atoms with E-state index in [2.05, 4.69) is 9.69 Å². The Kier molecular flexibility index (Phi) is 3.01. The van der Waals surface area contributed by atoms with Gasteiger partial charge < -0.3 is 5.32 Å². The minimum absolute atomic E-state index is 0.0659. The monoisotopic (exact) mass is 268 g/mol. The van der Waals surface area contributed by atoms with E-state index in [0.717, 1.165) is 27.0 Å². The van der Waals surface area contributed by atoms with E-state index in [-0.39, 0.29) is 5.91 Å². The molecule has 4 heteroatoms. The molecule has 0 atom stereocenters. The van der Waals surface area contributed by atoms with Gasteiger partial charge in [0.25, 0.3) is 0 Å². The number of nitrogens with one attached hydrogen (secondary N) is 1. The van der Waals surface area contributed by atoms with E-state index in [0.29, 0.717) is 0 Å². The van der Waals surface area contributed by atoms with Crippen molar-refractivity contribution in [2.24, 2.45) is 0 Å². The van der Waals surface area contributed by atoms with Crippen molar-refractivity contribution in [1.82, 2.24) is 4.37 Å². The Morgan fingerprint density at radius 3 is 2.68 bits per heavy atom. The van der Waals surface area contributed by atoms with Gasteiger partial charge in [0, 0.05) is 23.6 Å². The molecule has 1 heterocycles. The van der Waals surface area contributed by atoms with Crippen molar-refractivity contribution in [3.8, 4) is 11.3 Å². The molecule has 0 unspecified atom stereocenters. The van der Waals surface area contributed by atoms with Crippen LogP contribution in [0.1, 0.15) is 6.92 Å². The number of nitrogens with zero attached hydrogens (tertiary/aromatic N) is 1. The van der Waals surface area contributed by atoms with Gasteiger partial charge in [0.15, 0.2) is 0 Å². The molecule has 1 amide bonds. The standard InChI is InChI=1S/C15H12N2OS/c1-10(18)16-12-7-8-14-13(9-12)15(17-19-14)11-5-3-2-4-6-11/h2-9H,1H3,(H,16,18). The Balaban J connectivity index is 2.13. The summed E-state index contributed by atoms with van der Waals surface area (Å²) >= 11 is 1.47. The molecule has 1 aromatic heterocycles. The van der Waals surface area contributed by atoms with E-state index in [1.165, 1.54) is 18.5 Å². The van der Waals surface area contributed by atoms with E-state index in [1.807, 2.05) is 48.5 Å². The lowest BCUT2D eigenvalue weighted by Gasteiger charge is -2.02. The molecule has 94 valence electrons. The molecule has 3 rings (SSSR count). The molecule has 0 aliphatic carbocycles. The van der Waals surface area contributed by atoms with Crippen molar-refractivity contribution >= 4 is 33.2 Å². The zero-order chi connectivity index (χ0) is 13.2. The SMILES string of the molecule is CC(=O)Nc1ccc2snc(-c3ccccc3)c2c1. The van der Waals surface area contributed by atoms with E-state index >= 15 is 0 Å². The maximum Gasteiger partial charge on any atom is 0.221 e. The number of hydrogen-bond donors (Lipinski definition) is 1. The lowest BCUT2D eigenvalue weighted by atomic mass is 10.1. The van der Waals surface area contributed by atoms with Gasteiger partial charge in [-0.15, -0.1) is 0 Å². The maximum absolute atomic E-state index is 11.1. The van der Waals surface area contributed by atoms with E-state index in [4.69, 9.17) is 0 Å². The molecule has 0 radical (unpaired) electrons. The van der Waals surface area contributed by atoms with Gasteiger partial charge in [0.2, 0.25) is 5.91 Å². The largest absolute Gasteiger partial charge is 0.326 e. The average Bonchev–Trinajstić information content (AvgIpc) is 2.82. The van der Waals surface area contributed by atoms with Crippen LogP contribution >= 0.6 is 11.5 Å². The fourth-order valence-corrected chi connectivity index (χ4v) is 2.80. The topological polar surface area (TPSA) is 42.0 Å². The molecule has 3 aromatic rings. The van der Waals surface area contributed by atoms with Crippen molar-refractivity contribution in [1.29, 1.82) is 0 Å². The van der Waals surface area contributed by atoms with Crippen LogP contribution in [0.3, 0.4) is 0 Å². The van der Waals surface area contributed by atoms with E-state index in [1.54, 1.807) is 0 Å². The number of hydrogen-bond acceptors (Lipinski definition) is 3. The quantitative estimate of drug-likeness (QED) is 0.765. The molecule has 0 fully saturated rings. The Bertz CT molecular complexity index is 734. The highest BCUT2D eigenvalue weighted by Gasteiger charge is 2.09. The number of fused-ring (bicyclic) bond motifs is 1. The first-order chi connectivity index (χ1) is 9.24. The normalized spacial score (nSPS) is 10.6. The van der Waals surface area contributed by atoms with E-state index < -0.39 is 0 Å². The number of carbonyl (C=O) groups excluding carboxylic acids is 1. The number of aromatic nitrogens is 1. The summed E-state index contributed by atoms with van der Waals surface area (Å²) in [6.45, 7) is 1.51. The third-order valence-electron chi connectivity index (χ3n) is 2.84. The van der Waals surface area contributed by atoms with Crippen LogP contribution in [0, 0.1) is 0 Å². The van der Waals surface area contributed by atoms with Crippen LogP contribution in [0.4, 0.5) is 5.69 Å². The molecule has 3 nitrogen and oxygen atoms in total. The molecule has 0 saturated carbocycles. The highest BCUT2D eigenvalue weighted by Crippen LogP contribution is 2.32. The zero-order valence-electron chi connectivity index (χ0n) is 10.4. The lowest BCUT2D eigenvalue weighted by molar-refractivity contribution is -0.114. The molecule has 0 aliphatic rings. The predicted octanol–water partition coefficient (Wildman–Crippen LogP) is 3.92. The number of anilines is 1. The first kappa shape index (κ1) is 11.9. The fourth-order valence-electron chi connectivity index (χ4n) is 2.02. The van der Waals surface area contributed by atoms with Crippen LogP contribution in [0.2, 0.25) is 0 Å². The summed E-state index contributed by atoms with van der Waals surface area (Å²) < 4.78 is 5.63. The van der Waals surface area contributed by atoms with Crippen LogP contribution < -0.4 is 5.32 Å². The molecule has 0 aliphatic heterocycles. The molecule has 19 heavy (non-hydrogen) atoms. The number of benzene rings is 2. The zero-order valence-corrected chi connectivity index (χ0v) is 11.2. The van der Waals surface area contributed by atoms with Crippen molar-refractivity contribution in [2.45, 2.75) is 6.92 Å². The predicted molar refractivity (Wildman–Crippen MR) is 79.4 cm³/mol. The minimum Gasteiger partial charge on any atom is -0.326 e. The Hall–Kier alpha value is -2.20. The summed E-state index contributed by atoms with van der Waals surface area (Å²) in [7, 11) is 0. The Morgan fingerprint density at radius 1 is 1.16 bits per heavy atom. The van der Waals surface area contributed by atoms with Crippen LogP contribution in [-0.2, 0) is 4.79 Å². The van der Waals surface area contributed by atoms with Crippen LogP contribution in [0.25, 0.3) is 21.3 Å². The van der Waals surface area contributed by atoms with Crippen molar-refractivity contribution in [2.75, 3.05) is 5.32 Å². The second-order valence-corrected chi connectivity index (χ2v) is 5.09. The molecule has 0 saturated heterocycles. The van der Waals surface area contributed by atoms with Gasteiger partial charge in [-0.3, -0.25) is 4.79 Å². The van der Waals surface area contributed by atoms with Crippen LogP contribution in [-0.4, -0.2) is 10.3 Å². The smallest absolute Gasteiger partial charge is 0.221 e. The third kappa shape index (κ3) is 2.35. The number of rotatable bonds is 2. The van der Waals surface area contributed by atoms with Crippen molar-refractivity contribution in [3.05, 3.63) is 48.5 Å². The Labute approximate surface area is 115 Å². The highest BCUT2D eigenvalue weighted by molar-refractivity contribution is 7.13. The minimum atomic E-state index is -0.0659.